The van der Waals surface area contributed by atoms with E-state index in [0.717, 1.165) is 6.54 Å². The van der Waals surface area contributed by atoms with Crippen LogP contribution in [-0.4, -0.2) is 31.5 Å². The fourth-order valence-electron chi connectivity index (χ4n) is 1.15. The lowest BCUT2D eigenvalue weighted by molar-refractivity contribution is 0.250. The van der Waals surface area contributed by atoms with Crippen LogP contribution in [0.15, 0.2) is 0 Å². The van der Waals surface area contributed by atoms with E-state index in [0.29, 0.717) is 6.61 Å². The fourth-order valence-corrected chi connectivity index (χ4v) is 2.51. The first-order chi connectivity index (χ1) is 8.69. The van der Waals surface area contributed by atoms with Crippen LogP contribution in [0.2, 0.25) is 0 Å². The van der Waals surface area contributed by atoms with Crippen molar-refractivity contribution in [1.82, 2.24) is 4.67 Å². The Morgan fingerprint density at radius 3 is 1.53 bits per heavy atom. The average Bonchev–Trinajstić information content (AvgIpc) is 2.34. The first kappa shape index (κ1) is 27.5. The zero-order valence-electron chi connectivity index (χ0n) is 15.6. The maximum atomic E-state index is 11.9. The van der Waals surface area contributed by atoms with Crippen molar-refractivity contribution >= 4 is 7.52 Å². The van der Waals surface area contributed by atoms with E-state index >= 15 is 0 Å². The van der Waals surface area contributed by atoms with Crippen molar-refractivity contribution in [2.24, 2.45) is 5.41 Å². The molecule has 0 aliphatic carbocycles. The number of nitrogens with zero attached hydrogens (tertiary/aromatic N) is 1. The van der Waals surface area contributed by atoms with E-state index in [2.05, 4.69) is 20.8 Å². The Hall–Kier alpha value is 0.150. The molecule has 3 nitrogen and oxygen atoms in total. The quantitative estimate of drug-likeness (QED) is 0.605. The minimum Gasteiger partial charge on any atom is -0.318 e. The van der Waals surface area contributed by atoms with Crippen molar-refractivity contribution < 1.29 is 9.09 Å². The summed E-state index contributed by atoms with van der Waals surface area (Å²) in [4.78, 5) is 0. The SMILES string of the molecule is CC.CC.CC.CCOP(C)(=O)N(C)CC(C)(C)C. The van der Waals surface area contributed by atoms with E-state index in [9.17, 15) is 4.57 Å². The second kappa shape index (κ2) is 16.2. The summed E-state index contributed by atoms with van der Waals surface area (Å²) in [6, 6.07) is 0. The summed E-state index contributed by atoms with van der Waals surface area (Å²) in [5, 5.41) is 0. The Kier molecular flexibility index (Phi) is 23.4. The van der Waals surface area contributed by atoms with Gasteiger partial charge in [-0.05, 0) is 19.4 Å². The van der Waals surface area contributed by atoms with E-state index < -0.39 is 7.52 Å². The molecule has 1 atom stereocenters. The Morgan fingerprint density at radius 1 is 1.00 bits per heavy atom. The topological polar surface area (TPSA) is 29.5 Å². The Morgan fingerprint density at radius 2 is 1.32 bits per heavy atom. The van der Waals surface area contributed by atoms with Gasteiger partial charge in [0.2, 0.25) is 0 Å². The summed E-state index contributed by atoms with van der Waals surface area (Å²) < 4.78 is 18.9. The minimum atomic E-state index is -2.55. The second-order valence-corrected chi connectivity index (χ2v) is 7.14. The highest BCUT2D eigenvalue weighted by atomic mass is 31.2. The number of rotatable bonds is 4. The third-order valence-electron chi connectivity index (χ3n) is 1.69. The summed E-state index contributed by atoms with van der Waals surface area (Å²) in [5.74, 6) is 0. The highest BCUT2D eigenvalue weighted by molar-refractivity contribution is 7.55. The van der Waals surface area contributed by atoms with Gasteiger partial charge in [0.15, 0.2) is 0 Å². The molecule has 122 valence electrons. The molecule has 0 aliphatic heterocycles. The molecular formula is C15H40NO2P. The molecule has 0 fully saturated rings. The maximum absolute atomic E-state index is 11.9. The minimum absolute atomic E-state index is 0.150. The molecule has 0 amide bonds. The largest absolute Gasteiger partial charge is 0.318 e. The van der Waals surface area contributed by atoms with Crippen LogP contribution in [0.5, 0.6) is 0 Å². The van der Waals surface area contributed by atoms with Gasteiger partial charge < -0.3 is 4.52 Å². The lowest BCUT2D eigenvalue weighted by Gasteiger charge is -2.30. The van der Waals surface area contributed by atoms with Gasteiger partial charge in [0.1, 0.15) is 0 Å². The van der Waals surface area contributed by atoms with Crippen molar-refractivity contribution in [3.8, 4) is 0 Å². The van der Waals surface area contributed by atoms with Crippen LogP contribution in [0.4, 0.5) is 0 Å². The van der Waals surface area contributed by atoms with Crippen LogP contribution in [0.3, 0.4) is 0 Å². The average molecular weight is 297 g/mol. The van der Waals surface area contributed by atoms with Gasteiger partial charge in [0.05, 0.1) is 6.61 Å². The Labute approximate surface area is 123 Å². The van der Waals surface area contributed by atoms with E-state index in [1.807, 2.05) is 60.2 Å². The third-order valence-corrected chi connectivity index (χ3v) is 3.81. The molecular weight excluding hydrogens is 257 g/mol. The molecule has 0 saturated carbocycles. The molecule has 1 unspecified atom stereocenters. The van der Waals surface area contributed by atoms with Crippen molar-refractivity contribution in [2.45, 2.75) is 69.2 Å². The number of hydrogen-bond donors (Lipinski definition) is 0. The second-order valence-electron chi connectivity index (χ2n) is 4.60. The molecule has 0 N–H and O–H groups in total. The summed E-state index contributed by atoms with van der Waals surface area (Å²) in [6.07, 6.45) is 0. The molecule has 0 rings (SSSR count). The van der Waals surface area contributed by atoms with Crippen molar-refractivity contribution in [3.63, 3.8) is 0 Å². The third kappa shape index (κ3) is 20.6. The van der Waals surface area contributed by atoms with Gasteiger partial charge in [-0.25, -0.2) is 4.67 Å². The van der Waals surface area contributed by atoms with E-state index in [1.165, 1.54) is 0 Å². The normalized spacial score (nSPS) is 12.9. The predicted molar refractivity (Wildman–Crippen MR) is 91.3 cm³/mol. The van der Waals surface area contributed by atoms with Gasteiger partial charge in [-0.1, -0.05) is 62.3 Å². The highest BCUT2D eigenvalue weighted by Gasteiger charge is 2.25. The molecule has 0 saturated heterocycles. The van der Waals surface area contributed by atoms with Crippen LogP contribution in [0.25, 0.3) is 0 Å². The summed E-state index contributed by atoms with van der Waals surface area (Å²) >= 11 is 0. The first-order valence-corrected chi connectivity index (χ1v) is 9.65. The zero-order chi connectivity index (χ0) is 16.7. The summed E-state index contributed by atoms with van der Waals surface area (Å²) in [6.45, 7) is 23.2. The van der Waals surface area contributed by atoms with Gasteiger partial charge in [-0.2, -0.15) is 0 Å². The van der Waals surface area contributed by atoms with Crippen molar-refractivity contribution in [3.05, 3.63) is 0 Å². The zero-order valence-corrected chi connectivity index (χ0v) is 16.5. The van der Waals surface area contributed by atoms with Crippen LogP contribution in [0.1, 0.15) is 69.2 Å². The number of hydrogen-bond acceptors (Lipinski definition) is 2. The Balaban J connectivity index is -0.000000163. The molecule has 0 bridgehead atoms. The molecule has 0 aromatic heterocycles. The van der Waals surface area contributed by atoms with E-state index in [-0.39, 0.29) is 5.41 Å². The van der Waals surface area contributed by atoms with Gasteiger partial charge in [-0.3, -0.25) is 4.57 Å². The van der Waals surface area contributed by atoms with Gasteiger partial charge in [0.25, 0.3) is 7.52 Å². The molecule has 4 heteroatoms. The van der Waals surface area contributed by atoms with Crippen molar-refractivity contribution in [1.29, 1.82) is 0 Å². The summed E-state index contributed by atoms with van der Waals surface area (Å²) in [5.41, 5.74) is 0.150. The van der Waals surface area contributed by atoms with Gasteiger partial charge in [-0.15, -0.1) is 0 Å². The van der Waals surface area contributed by atoms with Crippen LogP contribution < -0.4 is 0 Å². The fraction of sp³-hybridized carbons (Fsp3) is 1.00. The predicted octanol–water partition coefficient (Wildman–Crippen LogP) is 5.90. The van der Waals surface area contributed by atoms with E-state index in [4.69, 9.17) is 4.52 Å². The molecule has 0 aromatic carbocycles. The maximum Gasteiger partial charge on any atom is 0.269 e. The molecule has 0 aliphatic rings. The monoisotopic (exact) mass is 297 g/mol. The van der Waals surface area contributed by atoms with Gasteiger partial charge >= 0.3 is 0 Å². The summed E-state index contributed by atoms with van der Waals surface area (Å²) in [7, 11) is -0.698. The van der Waals surface area contributed by atoms with Crippen molar-refractivity contribution in [2.75, 3.05) is 26.9 Å². The molecule has 0 spiro atoms. The molecule has 0 heterocycles. The Bertz CT molecular complexity index is 201. The first-order valence-electron chi connectivity index (χ1n) is 7.63. The lowest BCUT2D eigenvalue weighted by atomic mass is 9.97. The molecule has 19 heavy (non-hydrogen) atoms. The van der Waals surface area contributed by atoms with Gasteiger partial charge in [0, 0.05) is 13.2 Å². The highest BCUT2D eigenvalue weighted by Crippen LogP contribution is 2.46. The standard InChI is InChI=1S/C9H22NO2P.3C2H6/c1-7-12-13(6,11)10(5)8-9(2,3)4;3*1-2/h7-8H2,1-6H3;3*1-2H3. The van der Waals surface area contributed by atoms with E-state index in [1.54, 1.807) is 6.66 Å². The molecule has 0 radical (unpaired) electrons. The molecule has 0 aromatic rings. The van der Waals surface area contributed by atoms with Crippen LogP contribution in [0, 0.1) is 5.41 Å². The van der Waals surface area contributed by atoms with Crippen LogP contribution in [-0.2, 0) is 9.09 Å². The smallest absolute Gasteiger partial charge is 0.269 e. The lowest BCUT2D eigenvalue weighted by Crippen LogP contribution is -2.27. The van der Waals surface area contributed by atoms with Crippen LogP contribution >= 0.6 is 7.52 Å².